The average molecular weight is 548 g/mol. The first-order valence-electron chi connectivity index (χ1n) is 12.6. The second-order valence-electron chi connectivity index (χ2n) is 11.8. The predicted molar refractivity (Wildman–Crippen MR) is 138 cm³/mol. The molecule has 0 N–H and O–H groups in total. The van der Waals surface area contributed by atoms with Gasteiger partial charge in [0.1, 0.15) is 0 Å². The van der Waals surface area contributed by atoms with Crippen LogP contribution in [0.5, 0.6) is 0 Å². The van der Waals surface area contributed by atoms with E-state index in [0.29, 0.717) is 12.1 Å². The standard InChI is InChI=1S/C12H25O2Si2.3C4H9.Sn/c1-8-14-11(13)12(16(5,6)7)9-10(12)15(2,3)4;3*1-3-4-2;/h9-10H,8H2,1-7H3;3*1,3-4H2,2H3;. The van der Waals surface area contributed by atoms with E-state index in [4.69, 9.17) is 4.74 Å². The van der Waals surface area contributed by atoms with Crippen molar-refractivity contribution in [3.05, 3.63) is 0 Å². The van der Waals surface area contributed by atoms with Gasteiger partial charge in [-0.2, -0.15) is 0 Å². The van der Waals surface area contributed by atoms with Crippen molar-refractivity contribution in [3.8, 4) is 0 Å². The van der Waals surface area contributed by atoms with Gasteiger partial charge < -0.3 is 0 Å². The zero-order valence-corrected chi connectivity index (χ0v) is 26.4. The van der Waals surface area contributed by atoms with Crippen molar-refractivity contribution in [1.82, 2.24) is 0 Å². The third kappa shape index (κ3) is 5.74. The van der Waals surface area contributed by atoms with Gasteiger partial charge in [-0.25, -0.2) is 0 Å². The first-order chi connectivity index (χ1) is 13.4. The van der Waals surface area contributed by atoms with Crippen LogP contribution in [0.3, 0.4) is 0 Å². The molecule has 1 fully saturated rings. The number of carbonyl (C=O) groups is 1. The van der Waals surface area contributed by atoms with Crippen LogP contribution in [-0.2, 0) is 9.53 Å². The van der Waals surface area contributed by atoms with E-state index >= 15 is 0 Å². The summed E-state index contributed by atoms with van der Waals surface area (Å²) in [7, 11) is -3.19. The molecule has 2 nitrogen and oxygen atoms in total. The number of ether oxygens (including phenoxy) is 1. The Bertz CT molecular complexity index is 502. The molecular weight excluding hydrogens is 495 g/mol. The van der Waals surface area contributed by atoms with Gasteiger partial charge in [-0.3, -0.25) is 0 Å². The Labute approximate surface area is 189 Å². The number of esters is 1. The molecule has 0 amide bonds. The first-order valence-corrected chi connectivity index (χ1v) is 27.4. The van der Waals surface area contributed by atoms with E-state index in [-0.39, 0.29) is 11.0 Å². The topological polar surface area (TPSA) is 26.3 Å². The van der Waals surface area contributed by atoms with Gasteiger partial charge in [0.15, 0.2) is 0 Å². The summed E-state index contributed by atoms with van der Waals surface area (Å²) in [5.74, 6) is 0.224. The fourth-order valence-electron chi connectivity index (χ4n) is 6.58. The van der Waals surface area contributed by atoms with E-state index in [2.05, 4.69) is 60.1 Å². The summed E-state index contributed by atoms with van der Waals surface area (Å²) in [6.45, 7) is 24.7. The molecule has 0 saturated heterocycles. The second kappa shape index (κ2) is 11.0. The van der Waals surface area contributed by atoms with Gasteiger partial charge in [0.2, 0.25) is 0 Å². The van der Waals surface area contributed by atoms with Crippen molar-refractivity contribution in [2.75, 3.05) is 6.61 Å². The van der Waals surface area contributed by atoms with E-state index in [0.717, 1.165) is 3.93 Å². The zero-order chi connectivity index (χ0) is 22.5. The van der Waals surface area contributed by atoms with Gasteiger partial charge in [0.05, 0.1) is 0 Å². The summed E-state index contributed by atoms with van der Waals surface area (Å²) >= 11 is -2.54. The SMILES string of the molecule is CCC[CH2][Sn]([CH2]CCC)([CH2]CCC)[CH]1C([Si](C)(C)C)C1(C(=O)OCC)[Si](C)(C)C. The average Bonchev–Trinajstić information content (AvgIpc) is 3.35. The minimum atomic E-state index is -2.54. The molecule has 1 saturated carbocycles. The van der Waals surface area contributed by atoms with Gasteiger partial charge >= 0.3 is 190 Å². The van der Waals surface area contributed by atoms with Gasteiger partial charge in [-0.05, 0) is 0 Å². The molecule has 1 aliphatic carbocycles. The van der Waals surface area contributed by atoms with Crippen molar-refractivity contribution in [2.24, 2.45) is 0 Å². The molecule has 1 rings (SSSR count). The molecule has 0 aromatic carbocycles. The molecule has 3 atom stereocenters. The summed E-state index contributed by atoms with van der Waals surface area (Å²) in [6, 6.07) is 0. The number of rotatable bonds is 14. The van der Waals surface area contributed by atoms with Crippen LogP contribution in [0, 0.1) is 0 Å². The maximum atomic E-state index is 13.8. The van der Waals surface area contributed by atoms with Crippen LogP contribution in [-0.4, -0.2) is 47.1 Å². The molecule has 5 heteroatoms. The van der Waals surface area contributed by atoms with Crippen molar-refractivity contribution < 1.29 is 9.53 Å². The number of hydrogen-bond donors (Lipinski definition) is 0. The third-order valence-corrected chi connectivity index (χ3v) is 33.3. The van der Waals surface area contributed by atoms with Crippen LogP contribution in [0.25, 0.3) is 0 Å². The van der Waals surface area contributed by atoms with E-state index in [1.165, 1.54) is 51.8 Å². The Balaban J connectivity index is 3.63. The summed E-state index contributed by atoms with van der Waals surface area (Å²) < 4.78 is 11.2. The molecule has 0 spiro atoms. The molecule has 0 radical (unpaired) electrons. The van der Waals surface area contributed by atoms with Crippen LogP contribution < -0.4 is 0 Å². The van der Waals surface area contributed by atoms with E-state index in [1.54, 1.807) is 0 Å². The van der Waals surface area contributed by atoms with Crippen LogP contribution in [0.15, 0.2) is 0 Å². The number of carbonyl (C=O) groups excluding carboxylic acids is 1. The fourth-order valence-corrected chi connectivity index (χ4v) is 48.3. The molecule has 0 aromatic rings. The molecule has 172 valence electrons. The third-order valence-electron chi connectivity index (χ3n) is 7.74. The normalized spacial score (nSPS) is 25.2. The first kappa shape index (κ1) is 27.7. The molecular formula is C24H52O2Si2Sn. The Kier molecular flexibility index (Phi) is 10.5. The van der Waals surface area contributed by atoms with E-state index < -0.39 is 34.5 Å². The molecule has 0 aromatic heterocycles. The summed E-state index contributed by atoms with van der Waals surface area (Å²) in [5, 5.41) is -0.0706. The van der Waals surface area contributed by atoms with Crippen molar-refractivity contribution >= 4 is 40.5 Å². The summed E-state index contributed by atoms with van der Waals surface area (Å²) in [4.78, 5) is 13.8. The van der Waals surface area contributed by atoms with Crippen LogP contribution >= 0.6 is 0 Å². The number of hydrogen-bond acceptors (Lipinski definition) is 2. The Morgan fingerprint density at radius 3 is 1.52 bits per heavy atom. The Morgan fingerprint density at radius 2 is 1.24 bits per heavy atom. The molecule has 1 aliphatic rings. The summed E-state index contributed by atoms with van der Waals surface area (Å²) in [5.41, 5.74) is 0.682. The van der Waals surface area contributed by atoms with Gasteiger partial charge in [-0.15, -0.1) is 0 Å². The van der Waals surface area contributed by atoms with Gasteiger partial charge in [0, 0.05) is 0 Å². The monoisotopic (exact) mass is 548 g/mol. The maximum absolute atomic E-state index is 13.8. The van der Waals surface area contributed by atoms with E-state index in [9.17, 15) is 4.79 Å². The quantitative estimate of drug-likeness (QED) is 0.161. The van der Waals surface area contributed by atoms with Crippen molar-refractivity contribution in [3.63, 3.8) is 0 Å². The molecule has 3 unspecified atom stereocenters. The van der Waals surface area contributed by atoms with Crippen LogP contribution in [0.2, 0.25) is 67.1 Å². The summed E-state index contributed by atoms with van der Waals surface area (Å²) in [6.07, 6.45) is 8.09. The predicted octanol–water partition coefficient (Wildman–Crippen LogP) is 8.57. The zero-order valence-electron chi connectivity index (χ0n) is 21.5. The van der Waals surface area contributed by atoms with Crippen LogP contribution in [0.1, 0.15) is 66.2 Å². The molecule has 0 aliphatic heterocycles. The van der Waals surface area contributed by atoms with Gasteiger partial charge in [0.25, 0.3) is 0 Å². The van der Waals surface area contributed by atoms with Crippen LogP contribution in [0.4, 0.5) is 0 Å². The van der Waals surface area contributed by atoms with E-state index in [1.807, 2.05) is 6.92 Å². The van der Waals surface area contributed by atoms with Crippen molar-refractivity contribution in [2.45, 2.75) is 133 Å². The molecule has 0 heterocycles. The Hall–Kier alpha value is 0.702. The molecule has 0 bridgehead atoms. The second-order valence-corrected chi connectivity index (χ2v) is 36.3. The Morgan fingerprint density at radius 1 is 0.828 bits per heavy atom. The number of unbranched alkanes of at least 4 members (excludes halogenated alkanes) is 3. The van der Waals surface area contributed by atoms with Crippen molar-refractivity contribution in [1.29, 1.82) is 0 Å². The fraction of sp³-hybridized carbons (Fsp3) is 0.958. The molecule has 29 heavy (non-hydrogen) atoms. The van der Waals surface area contributed by atoms with Gasteiger partial charge in [-0.1, -0.05) is 0 Å². The minimum absolute atomic E-state index is 0.0706.